The van der Waals surface area contributed by atoms with Gasteiger partial charge in [0.05, 0.1) is 18.0 Å². The van der Waals surface area contributed by atoms with Gasteiger partial charge in [0.15, 0.2) is 0 Å². The zero-order valence-electron chi connectivity index (χ0n) is 15.4. The van der Waals surface area contributed by atoms with Gasteiger partial charge in [-0.3, -0.25) is 4.79 Å². The summed E-state index contributed by atoms with van der Waals surface area (Å²) in [5, 5.41) is 0. The first-order chi connectivity index (χ1) is 12.8. The van der Waals surface area contributed by atoms with Crippen molar-refractivity contribution < 1.29 is 17.9 Å². The van der Waals surface area contributed by atoms with E-state index in [9.17, 15) is 13.2 Å². The van der Waals surface area contributed by atoms with Crippen LogP contribution in [-0.4, -0.2) is 35.8 Å². The van der Waals surface area contributed by atoms with E-state index in [-0.39, 0.29) is 14.7 Å². The lowest BCUT2D eigenvalue weighted by Gasteiger charge is -2.29. The Bertz CT molecular complexity index is 915. The number of esters is 1. The highest BCUT2D eigenvalue weighted by Gasteiger charge is 2.55. The van der Waals surface area contributed by atoms with E-state index < -0.39 is 28.1 Å². The molecule has 2 unspecified atom stereocenters. The van der Waals surface area contributed by atoms with Crippen molar-refractivity contribution in [3.8, 4) is 0 Å². The van der Waals surface area contributed by atoms with Crippen LogP contribution in [0.25, 0.3) is 0 Å². The van der Waals surface area contributed by atoms with Crippen molar-refractivity contribution >= 4 is 38.6 Å². The van der Waals surface area contributed by atoms with Crippen molar-refractivity contribution in [1.82, 2.24) is 4.31 Å². The number of sulfonamides is 1. The summed E-state index contributed by atoms with van der Waals surface area (Å²) in [4.78, 5) is 12.7. The van der Waals surface area contributed by atoms with E-state index in [1.807, 2.05) is 44.2 Å². The Morgan fingerprint density at radius 1 is 1.07 bits per heavy atom. The molecule has 0 saturated carbocycles. The number of alkyl halides is 1. The van der Waals surface area contributed by atoms with Crippen LogP contribution in [0.15, 0.2) is 59.5 Å². The van der Waals surface area contributed by atoms with Gasteiger partial charge in [0.25, 0.3) is 0 Å². The SMILES string of the molecule is COC(=O)[C@@H]1C(C)C(I)[C@H](c2ccccc2)N1S(=O)(=O)c1ccc(C)cc1. The lowest BCUT2D eigenvalue weighted by molar-refractivity contribution is -0.145. The molecule has 0 spiro atoms. The quantitative estimate of drug-likeness (QED) is 0.366. The second-order valence-electron chi connectivity index (χ2n) is 6.78. The summed E-state index contributed by atoms with van der Waals surface area (Å²) < 4.78 is 33.4. The molecule has 27 heavy (non-hydrogen) atoms. The highest BCUT2D eigenvalue weighted by Crippen LogP contribution is 2.47. The normalized spacial score (nSPS) is 26.1. The number of benzene rings is 2. The molecule has 0 aromatic heterocycles. The van der Waals surface area contributed by atoms with Gasteiger partial charge in [-0.2, -0.15) is 4.31 Å². The van der Waals surface area contributed by atoms with E-state index in [1.54, 1.807) is 24.3 Å². The van der Waals surface area contributed by atoms with Gasteiger partial charge in [-0.25, -0.2) is 8.42 Å². The minimum Gasteiger partial charge on any atom is -0.468 e. The van der Waals surface area contributed by atoms with Gasteiger partial charge in [0, 0.05) is 3.92 Å². The number of nitrogens with zero attached hydrogens (tertiary/aromatic N) is 1. The standard InChI is InChI=1S/C20H22INO4S/c1-13-9-11-16(12-10-13)27(24,25)22-18(20(23)26-3)14(2)17(21)19(22)15-7-5-4-6-8-15/h4-12,14,17-19H,1-3H3/t14?,17?,18-,19-/m0/s1. The van der Waals surface area contributed by atoms with Crippen molar-refractivity contribution in [2.45, 2.75) is 34.8 Å². The average molecular weight is 499 g/mol. The summed E-state index contributed by atoms with van der Waals surface area (Å²) >= 11 is 2.25. The first-order valence-corrected chi connectivity index (χ1v) is 11.3. The van der Waals surface area contributed by atoms with Crippen molar-refractivity contribution in [3.63, 3.8) is 0 Å². The maximum atomic E-state index is 13.6. The molecule has 1 aliphatic rings. The van der Waals surface area contributed by atoms with Crippen molar-refractivity contribution in [2.75, 3.05) is 7.11 Å². The van der Waals surface area contributed by atoms with Crippen LogP contribution in [0.4, 0.5) is 0 Å². The average Bonchev–Trinajstić information content (AvgIpc) is 2.94. The molecule has 0 amide bonds. The Hall–Kier alpha value is -1.45. The van der Waals surface area contributed by atoms with E-state index in [1.165, 1.54) is 11.4 Å². The Labute approximate surface area is 173 Å². The molecule has 0 radical (unpaired) electrons. The fourth-order valence-electron chi connectivity index (χ4n) is 3.56. The largest absolute Gasteiger partial charge is 0.468 e. The van der Waals surface area contributed by atoms with E-state index in [2.05, 4.69) is 22.6 Å². The summed E-state index contributed by atoms with van der Waals surface area (Å²) in [6.07, 6.45) is 0. The third kappa shape index (κ3) is 3.64. The minimum absolute atomic E-state index is 0.0747. The molecular weight excluding hydrogens is 477 g/mol. The Balaban J connectivity index is 2.18. The molecule has 144 valence electrons. The Morgan fingerprint density at radius 3 is 2.22 bits per heavy atom. The van der Waals surface area contributed by atoms with Crippen LogP contribution in [0.2, 0.25) is 0 Å². The number of carbonyl (C=O) groups is 1. The van der Waals surface area contributed by atoms with Crippen molar-refractivity contribution in [3.05, 3.63) is 65.7 Å². The molecule has 0 aliphatic carbocycles. The summed E-state index contributed by atoms with van der Waals surface area (Å²) in [6.45, 7) is 3.80. The predicted octanol–water partition coefficient (Wildman–Crippen LogP) is 3.72. The van der Waals surface area contributed by atoms with Crippen molar-refractivity contribution in [1.29, 1.82) is 0 Å². The molecule has 2 aromatic rings. The fraction of sp³-hybridized carbons (Fsp3) is 0.350. The van der Waals surface area contributed by atoms with Crippen LogP contribution >= 0.6 is 22.6 Å². The Morgan fingerprint density at radius 2 is 1.67 bits per heavy atom. The highest BCUT2D eigenvalue weighted by atomic mass is 127. The second-order valence-corrected chi connectivity index (χ2v) is 10.1. The topological polar surface area (TPSA) is 63.7 Å². The molecule has 1 heterocycles. The third-order valence-corrected chi connectivity index (χ3v) is 8.72. The number of hydrogen-bond acceptors (Lipinski definition) is 4. The lowest BCUT2D eigenvalue weighted by Crippen LogP contribution is -2.44. The van der Waals surface area contributed by atoms with Crippen LogP contribution in [0, 0.1) is 12.8 Å². The van der Waals surface area contributed by atoms with Gasteiger partial charge in [0.1, 0.15) is 6.04 Å². The Kier molecular flexibility index (Phi) is 5.93. The van der Waals surface area contributed by atoms with Gasteiger partial charge < -0.3 is 4.74 Å². The third-order valence-electron chi connectivity index (χ3n) is 5.03. The summed E-state index contributed by atoms with van der Waals surface area (Å²) in [5.41, 5.74) is 1.84. The zero-order chi connectivity index (χ0) is 19.8. The summed E-state index contributed by atoms with van der Waals surface area (Å²) in [6, 6.07) is 14.8. The summed E-state index contributed by atoms with van der Waals surface area (Å²) in [5.74, 6) is -0.721. The molecule has 3 rings (SSSR count). The molecule has 0 N–H and O–H groups in total. The molecule has 2 aromatic carbocycles. The molecule has 4 atom stereocenters. The molecule has 5 nitrogen and oxygen atoms in total. The molecule has 1 saturated heterocycles. The predicted molar refractivity (Wildman–Crippen MR) is 112 cm³/mol. The van der Waals surface area contributed by atoms with Gasteiger partial charge in [-0.1, -0.05) is 77.5 Å². The van der Waals surface area contributed by atoms with Crippen LogP contribution in [0.5, 0.6) is 0 Å². The van der Waals surface area contributed by atoms with Gasteiger partial charge in [-0.15, -0.1) is 0 Å². The maximum absolute atomic E-state index is 13.6. The molecule has 7 heteroatoms. The fourth-order valence-corrected chi connectivity index (χ4v) is 6.78. The minimum atomic E-state index is -3.90. The maximum Gasteiger partial charge on any atom is 0.324 e. The van der Waals surface area contributed by atoms with Crippen LogP contribution in [-0.2, 0) is 19.6 Å². The number of aryl methyl sites for hydroxylation is 1. The molecular formula is C20H22INO4S. The zero-order valence-corrected chi connectivity index (χ0v) is 18.3. The number of rotatable bonds is 4. The monoisotopic (exact) mass is 499 g/mol. The van der Waals surface area contributed by atoms with Gasteiger partial charge in [0.2, 0.25) is 10.0 Å². The number of hydrogen-bond donors (Lipinski definition) is 0. The smallest absolute Gasteiger partial charge is 0.324 e. The molecule has 1 fully saturated rings. The number of halogens is 1. The van der Waals surface area contributed by atoms with Crippen molar-refractivity contribution in [2.24, 2.45) is 5.92 Å². The number of ether oxygens (including phenoxy) is 1. The van der Waals surface area contributed by atoms with Crippen LogP contribution in [0.3, 0.4) is 0 Å². The molecule has 0 bridgehead atoms. The summed E-state index contributed by atoms with van der Waals surface area (Å²) in [7, 11) is -2.60. The van der Waals surface area contributed by atoms with E-state index in [0.717, 1.165) is 11.1 Å². The number of carbonyl (C=O) groups excluding carboxylic acids is 1. The highest BCUT2D eigenvalue weighted by molar-refractivity contribution is 14.1. The van der Waals surface area contributed by atoms with E-state index in [0.29, 0.717) is 0 Å². The molecule has 1 aliphatic heterocycles. The van der Waals surface area contributed by atoms with Crippen LogP contribution < -0.4 is 0 Å². The van der Waals surface area contributed by atoms with Crippen LogP contribution in [0.1, 0.15) is 24.1 Å². The first kappa shape index (κ1) is 20.3. The second kappa shape index (κ2) is 7.89. The number of methoxy groups -OCH3 is 1. The first-order valence-electron chi connectivity index (χ1n) is 8.66. The van der Waals surface area contributed by atoms with E-state index >= 15 is 0 Å². The lowest BCUT2D eigenvalue weighted by atomic mass is 9.98. The van der Waals surface area contributed by atoms with E-state index in [4.69, 9.17) is 4.74 Å². The van der Waals surface area contributed by atoms with Gasteiger partial charge >= 0.3 is 5.97 Å². The van der Waals surface area contributed by atoms with Gasteiger partial charge in [-0.05, 0) is 30.5 Å².